The van der Waals surface area contributed by atoms with E-state index < -0.39 is 4.92 Å². The quantitative estimate of drug-likeness (QED) is 0.415. The van der Waals surface area contributed by atoms with E-state index in [4.69, 9.17) is 10.5 Å². The van der Waals surface area contributed by atoms with E-state index in [1.165, 1.54) is 0 Å². The summed E-state index contributed by atoms with van der Waals surface area (Å²) in [7, 11) is 0. The highest BCUT2D eigenvalue weighted by molar-refractivity contribution is 7.99. The second kappa shape index (κ2) is 9.82. The largest absolute Gasteiger partial charge is 0.493 e. The predicted octanol–water partition coefficient (Wildman–Crippen LogP) is 4.19. The van der Waals surface area contributed by atoms with Crippen molar-refractivity contribution in [3.05, 3.63) is 58.8 Å². The van der Waals surface area contributed by atoms with E-state index in [2.05, 4.69) is 15.0 Å². The Morgan fingerprint density at radius 3 is 2.62 bits per heavy atom. The fourth-order valence-corrected chi connectivity index (χ4v) is 4.75. The maximum atomic E-state index is 11.8. The lowest BCUT2D eigenvalue weighted by molar-refractivity contribution is -0.383. The van der Waals surface area contributed by atoms with Gasteiger partial charge < -0.3 is 15.4 Å². The number of nitrogens with zero attached hydrogens (tertiary/aromatic N) is 5. The van der Waals surface area contributed by atoms with Crippen molar-refractivity contribution in [3.8, 4) is 17.1 Å². The van der Waals surface area contributed by atoms with Gasteiger partial charge in [0.1, 0.15) is 5.75 Å². The Morgan fingerprint density at radius 1 is 1.19 bits per heavy atom. The molecule has 0 aliphatic carbocycles. The molecular weight excluding hydrogens is 428 g/mol. The van der Waals surface area contributed by atoms with Gasteiger partial charge in [-0.15, -0.1) is 11.8 Å². The zero-order chi connectivity index (χ0) is 22.5. The number of ether oxygens (including phenoxy) is 1. The zero-order valence-corrected chi connectivity index (χ0v) is 18.5. The van der Waals surface area contributed by atoms with Gasteiger partial charge in [-0.2, -0.15) is 0 Å². The number of nitro groups is 1. The topological polar surface area (TPSA) is 120 Å². The maximum Gasteiger partial charge on any atom is 0.353 e. The highest BCUT2D eigenvalue weighted by atomic mass is 32.2. The van der Waals surface area contributed by atoms with E-state index in [0.29, 0.717) is 42.1 Å². The van der Waals surface area contributed by atoms with Crippen LogP contribution >= 0.6 is 11.8 Å². The second-order valence-corrected chi connectivity index (χ2v) is 8.58. The fourth-order valence-electron chi connectivity index (χ4n) is 3.68. The zero-order valence-electron chi connectivity index (χ0n) is 17.7. The number of piperidine rings is 1. The van der Waals surface area contributed by atoms with Gasteiger partial charge in [0.2, 0.25) is 11.6 Å². The molecule has 1 saturated heterocycles. The molecule has 0 saturated carbocycles. The van der Waals surface area contributed by atoms with Crippen LogP contribution in [0.4, 0.5) is 17.3 Å². The first kappa shape index (κ1) is 21.8. The summed E-state index contributed by atoms with van der Waals surface area (Å²) in [4.78, 5) is 26.4. The van der Waals surface area contributed by atoms with Crippen molar-refractivity contribution in [2.45, 2.75) is 30.0 Å². The first-order chi connectivity index (χ1) is 15.6. The second-order valence-electron chi connectivity index (χ2n) is 7.26. The van der Waals surface area contributed by atoms with Gasteiger partial charge in [-0.1, -0.05) is 18.2 Å². The van der Waals surface area contributed by atoms with Gasteiger partial charge in [0.15, 0.2) is 5.82 Å². The molecule has 0 atom stereocenters. The van der Waals surface area contributed by atoms with Crippen LogP contribution in [-0.2, 0) is 0 Å². The molecule has 2 aromatic heterocycles. The van der Waals surface area contributed by atoms with E-state index in [-0.39, 0.29) is 17.3 Å². The number of aromatic nitrogens is 3. The van der Waals surface area contributed by atoms with Crippen molar-refractivity contribution in [2.75, 3.05) is 30.3 Å². The van der Waals surface area contributed by atoms with E-state index >= 15 is 0 Å². The number of hydrogen-bond acceptors (Lipinski definition) is 9. The van der Waals surface area contributed by atoms with Gasteiger partial charge in [0.25, 0.3) is 0 Å². The molecule has 4 rings (SSSR count). The summed E-state index contributed by atoms with van der Waals surface area (Å²) in [6.45, 7) is 3.64. The molecule has 0 unspecified atom stereocenters. The van der Waals surface area contributed by atoms with Gasteiger partial charge >= 0.3 is 5.69 Å². The van der Waals surface area contributed by atoms with Crippen molar-refractivity contribution in [2.24, 2.45) is 0 Å². The third-order valence-electron chi connectivity index (χ3n) is 5.17. The van der Waals surface area contributed by atoms with Gasteiger partial charge in [-0.3, -0.25) is 10.1 Å². The average molecular weight is 453 g/mol. The number of thioether (sulfide) groups is 1. The number of para-hydroxylation sites is 1. The number of pyridine rings is 1. The van der Waals surface area contributed by atoms with Crippen LogP contribution in [0.15, 0.2) is 53.7 Å². The van der Waals surface area contributed by atoms with Crippen LogP contribution in [0, 0.1) is 10.1 Å². The standard InChI is InChI=1S/C22H24N6O3S/c1-2-31-17-8-4-3-7-16(17)21-25-20(23)19(28(29)30)22(26-21)27-13-10-15(11-14-27)32-18-9-5-6-12-24-18/h3-9,12,15H,2,10-11,13-14H2,1H3,(H2,23,25,26). The Balaban J connectivity index is 1.61. The number of rotatable bonds is 7. The molecule has 0 amide bonds. The minimum Gasteiger partial charge on any atom is -0.493 e. The summed E-state index contributed by atoms with van der Waals surface area (Å²) < 4.78 is 5.69. The van der Waals surface area contributed by atoms with Crippen LogP contribution in [-0.4, -0.2) is 44.8 Å². The first-order valence-electron chi connectivity index (χ1n) is 10.4. The SMILES string of the molecule is CCOc1ccccc1-c1nc(N)c([N+](=O)[O-])c(N2CCC(Sc3ccccn3)CC2)n1. The molecule has 0 spiro atoms. The van der Waals surface area contributed by atoms with E-state index in [1.54, 1.807) is 18.0 Å². The molecule has 1 aliphatic rings. The molecule has 1 aromatic carbocycles. The number of anilines is 2. The van der Waals surface area contributed by atoms with Gasteiger partial charge in [0, 0.05) is 24.5 Å². The van der Waals surface area contributed by atoms with E-state index in [1.807, 2.05) is 54.3 Å². The van der Waals surface area contributed by atoms with Crippen LogP contribution in [0.5, 0.6) is 5.75 Å². The molecule has 1 aliphatic heterocycles. The Kier molecular flexibility index (Phi) is 6.69. The molecule has 2 N–H and O–H groups in total. The number of hydrogen-bond donors (Lipinski definition) is 1. The van der Waals surface area contributed by atoms with Crippen LogP contribution in [0.1, 0.15) is 19.8 Å². The third-order valence-corrected chi connectivity index (χ3v) is 6.46. The Morgan fingerprint density at radius 2 is 1.94 bits per heavy atom. The summed E-state index contributed by atoms with van der Waals surface area (Å²) in [5, 5.41) is 13.2. The van der Waals surface area contributed by atoms with Crippen LogP contribution in [0.2, 0.25) is 0 Å². The average Bonchev–Trinajstić information content (AvgIpc) is 2.80. The van der Waals surface area contributed by atoms with Crippen molar-refractivity contribution in [1.82, 2.24) is 15.0 Å². The molecule has 0 bridgehead atoms. The van der Waals surface area contributed by atoms with Crippen molar-refractivity contribution >= 4 is 29.1 Å². The minimum absolute atomic E-state index is 0.147. The summed E-state index contributed by atoms with van der Waals surface area (Å²) in [6, 6.07) is 13.2. The van der Waals surface area contributed by atoms with E-state index in [0.717, 1.165) is 17.9 Å². The molecule has 0 radical (unpaired) electrons. The smallest absolute Gasteiger partial charge is 0.353 e. The van der Waals surface area contributed by atoms with Crippen LogP contribution in [0.25, 0.3) is 11.4 Å². The van der Waals surface area contributed by atoms with E-state index in [9.17, 15) is 10.1 Å². The third kappa shape index (κ3) is 4.75. The Labute approximate surface area is 190 Å². The molecule has 9 nitrogen and oxygen atoms in total. The molecule has 166 valence electrons. The summed E-state index contributed by atoms with van der Waals surface area (Å²) in [6.07, 6.45) is 3.49. The van der Waals surface area contributed by atoms with Crippen molar-refractivity contribution in [1.29, 1.82) is 0 Å². The minimum atomic E-state index is -0.502. The summed E-state index contributed by atoms with van der Waals surface area (Å²) in [5.74, 6) is 1.04. The monoisotopic (exact) mass is 452 g/mol. The lowest BCUT2D eigenvalue weighted by Gasteiger charge is -2.32. The normalized spacial score (nSPS) is 14.3. The van der Waals surface area contributed by atoms with Gasteiger partial charge in [-0.25, -0.2) is 15.0 Å². The molecule has 3 aromatic rings. The number of nitrogen functional groups attached to an aromatic ring is 1. The number of nitrogens with two attached hydrogens (primary N) is 1. The highest BCUT2D eigenvalue weighted by Crippen LogP contribution is 2.38. The maximum absolute atomic E-state index is 11.8. The molecule has 1 fully saturated rings. The van der Waals surface area contributed by atoms with Gasteiger partial charge in [-0.05, 0) is 44.0 Å². The van der Waals surface area contributed by atoms with Crippen LogP contribution in [0.3, 0.4) is 0 Å². The lowest BCUT2D eigenvalue weighted by atomic mass is 10.1. The molecule has 10 heteroatoms. The van der Waals surface area contributed by atoms with Gasteiger partial charge in [0.05, 0.1) is 22.1 Å². The summed E-state index contributed by atoms with van der Waals surface area (Å²) >= 11 is 1.74. The molecule has 32 heavy (non-hydrogen) atoms. The summed E-state index contributed by atoms with van der Waals surface area (Å²) in [5.41, 5.74) is 6.45. The lowest BCUT2D eigenvalue weighted by Crippen LogP contribution is -2.36. The predicted molar refractivity (Wildman–Crippen MR) is 125 cm³/mol. The molecular formula is C22H24N6O3S. The highest BCUT2D eigenvalue weighted by Gasteiger charge is 2.31. The first-order valence-corrected chi connectivity index (χ1v) is 11.3. The van der Waals surface area contributed by atoms with Crippen molar-refractivity contribution < 1.29 is 9.66 Å². The molecule has 3 heterocycles. The fraction of sp³-hybridized carbons (Fsp3) is 0.318. The Hall–Kier alpha value is -3.40. The van der Waals surface area contributed by atoms with Crippen molar-refractivity contribution in [3.63, 3.8) is 0 Å². The van der Waals surface area contributed by atoms with Crippen LogP contribution < -0.4 is 15.4 Å². The number of benzene rings is 1. The Bertz CT molecular complexity index is 1090.